The lowest BCUT2D eigenvalue weighted by Gasteiger charge is -2.10. The van der Waals surface area contributed by atoms with Gasteiger partial charge in [-0.1, -0.05) is 6.07 Å². The first kappa shape index (κ1) is 13.3. The number of hydrogen-bond acceptors (Lipinski definition) is 4. The molecule has 0 spiro atoms. The highest BCUT2D eigenvalue weighted by Crippen LogP contribution is 2.19. The van der Waals surface area contributed by atoms with Crippen LogP contribution in [0.3, 0.4) is 0 Å². The lowest BCUT2D eigenvalue weighted by atomic mass is 10.1. The number of hydrogen-bond donors (Lipinski definition) is 2. The second-order valence-electron chi connectivity index (χ2n) is 4.81. The van der Waals surface area contributed by atoms with Gasteiger partial charge in [-0.3, -0.25) is 9.78 Å². The van der Waals surface area contributed by atoms with Crippen molar-refractivity contribution in [1.82, 2.24) is 4.98 Å². The van der Waals surface area contributed by atoms with E-state index >= 15 is 0 Å². The summed E-state index contributed by atoms with van der Waals surface area (Å²) in [7, 11) is 0. The molecule has 3 aromatic rings. The quantitative estimate of drug-likeness (QED) is 0.770. The van der Waals surface area contributed by atoms with Gasteiger partial charge in [-0.2, -0.15) is 0 Å². The van der Waals surface area contributed by atoms with Crippen LogP contribution in [0.5, 0.6) is 0 Å². The van der Waals surface area contributed by atoms with Gasteiger partial charge < -0.3 is 15.5 Å². The van der Waals surface area contributed by atoms with Crippen molar-refractivity contribution in [1.29, 1.82) is 0 Å². The van der Waals surface area contributed by atoms with E-state index in [4.69, 9.17) is 10.2 Å². The highest BCUT2D eigenvalue weighted by molar-refractivity contribution is 5.94. The van der Waals surface area contributed by atoms with E-state index in [2.05, 4.69) is 10.3 Å². The Labute approximate surface area is 121 Å². The van der Waals surface area contributed by atoms with E-state index < -0.39 is 6.04 Å². The molecule has 5 nitrogen and oxygen atoms in total. The Morgan fingerprint density at radius 3 is 3.00 bits per heavy atom. The Kier molecular flexibility index (Phi) is 3.66. The molecule has 0 fully saturated rings. The second-order valence-corrected chi connectivity index (χ2v) is 4.81. The molecule has 21 heavy (non-hydrogen) atoms. The van der Waals surface area contributed by atoms with E-state index in [0.717, 1.165) is 16.5 Å². The van der Waals surface area contributed by atoms with Gasteiger partial charge in [0, 0.05) is 29.9 Å². The van der Waals surface area contributed by atoms with Crippen molar-refractivity contribution in [3.8, 4) is 0 Å². The van der Waals surface area contributed by atoms with Crippen molar-refractivity contribution in [2.45, 2.75) is 12.5 Å². The SMILES string of the molecule is N[C@@H](CC(=O)Nc1ccc2cnccc2c1)c1ccco1. The van der Waals surface area contributed by atoms with Crippen LogP contribution in [0.15, 0.2) is 59.5 Å². The fourth-order valence-corrected chi connectivity index (χ4v) is 2.18. The lowest BCUT2D eigenvalue weighted by molar-refractivity contribution is -0.116. The number of aromatic nitrogens is 1. The molecule has 0 aliphatic carbocycles. The van der Waals surface area contributed by atoms with Crippen molar-refractivity contribution in [3.63, 3.8) is 0 Å². The molecule has 1 aromatic carbocycles. The number of amides is 1. The number of carbonyl (C=O) groups excluding carboxylic acids is 1. The van der Waals surface area contributed by atoms with Crippen LogP contribution in [0.2, 0.25) is 0 Å². The number of nitrogens with two attached hydrogens (primary N) is 1. The average Bonchev–Trinajstić information content (AvgIpc) is 3.01. The zero-order chi connectivity index (χ0) is 14.7. The van der Waals surface area contributed by atoms with Gasteiger partial charge >= 0.3 is 0 Å². The summed E-state index contributed by atoms with van der Waals surface area (Å²) in [6, 6.07) is 10.7. The molecule has 0 radical (unpaired) electrons. The third-order valence-electron chi connectivity index (χ3n) is 3.24. The zero-order valence-corrected chi connectivity index (χ0v) is 11.3. The number of nitrogens with one attached hydrogen (secondary N) is 1. The van der Waals surface area contributed by atoms with Crippen LogP contribution in [0.4, 0.5) is 5.69 Å². The Bertz CT molecular complexity index is 753. The molecule has 1 atom stereocenters. The van der Waals surface area contributed by atoms with E-state index in [0.29, 0.717) is 5.76 Å². The van der Waals surface area contributed by atoms with Crippen molar-refractivity contribution in [2.75, 3.05) is 5.32 Å². The lowest BCUT2D eigenvalue weighted by Crippen LogP contribution is -2.20. The fraction of sp³-hybridized carbons (Fsp3) is 0.125. The molecule has 3 rings (SSSR count). The molecule has 0 unspecified atom stereocenters. The summed E-state index contributed by atoms with van der Waals surface area (Å²) < 4.78 is 5.19. The second kappa shape index (κ2) is 5.76. The topological polar surface area (TPSA) is 81.2 Å². The normalized spacial score (nSPS) is 12.2. The summed E-state index contributed by atoms with van der Waals surface area (Å²) in [4.78, 5) is 16.1. The largest absolute Gasteiger partial charge is 0.468 e. The summed E-state index contributed by atoms with van der Waals surface area (Å²) in [5, 5.41) is 4.90. The first-order valence-electron chi connectivity index (χ1n) is 6.65. The molecule has 2 heterocycles. The molecule has 1 amide bonds. The Morgan fingerprint density at radius 1 is 1.29 bits per heavy atom. The van der Waals surface area contributed by atoms with Crippen LogP contribution < -0.4 is 11.1 Å². The molecule has 0 saturated carbocycles. The van der Waals surface area contributed by atoms with Crippen LogP contribution >= 0.6 is 0 Å². The highest BCUT2D eigenvalue weighted by atomic mass is 16.3. The maximum Gasteiger partial charge on any atom is 0.226 e. The number of nitrogens with zero attached hydrogens (tertiary/aromatic N) is 1. The number of pyridine rings is 1. The van der Waals surface area contributed by atoms with Crippen molar-refractivity contribution in [2.24, 2.45) is 5.73 Å². The molecule has 0 aliphatic heterocycles. The summed E-state index contributed by atoms with van der Waals surface area (Å²) in [6.07, 6.45) is 5.22. The number of anilines is 1. The molecule has 5 heteroatoms. The van der Waals surface area contributed by atoms with Gasteiger partial charge in [0.2, 0.25) is 5.91 Å². The van der Waals surface area contributed by atoms with Crippen molar-refractivity contribution < 1.29 is 9.21 Å². The first-order chi connectivity index (χ1) is 10.2. The monoisotopic (exact) mass is 281 g/mol. The third-order valence-corrected chi connectivity index (χ3v) is 3.24. The zero-order valence-electron chi connectivity index (χ0n) is 11.3. The van der Waals surface area contributed by atoms with Gasteiger partial charge in [0.25, 0.3) is 0 Å². The number of rotatable bonds is 4. The maximum atomic E-state index is 12.0. The van der Waals surface area contributed by atoms with Crippen LogP contribution in [0, 0.1) is 0 Å². The molecular weight excluding hydrogens is 266 g/mol. The highest BCUT2D eigenvalue weighted by Gasteiger charge is 2.14. The van der Waals surface area contributed by atoms with E-state index in [1.54, 1.807) is 30.8 Å². The molecule has 0 bridgehead atoms. The van der Waals surface area contributed by atoms with Gasteiger partial charge in [0.05, 0.1) is 12.3 Å². The summed E-state index contributed by atoms with van der Waals surface area (Å²) in [5.74, 6) is 0.460. The molecule has 3 N–H and O–H groups in total. The summed E-state index contributed by atoms with van der Waals surface area (Å²) >= 11 is 0. The molecule has 0 aliphatic rings. The average molecular weight is 281 g/mol. The Balaban J connectivity index is 1.68. The summed E-state index contributed by atoms with van der Waals surface area (Å²) in [5.41, 5.74) is 6.66. The van der Waals surface area contributed by atoms with E-state index in [-0.39, 0.29) is 12.3 Å². The minimum Gasteiger partial charge on any atom is -0.468 e. The van der Waals surface area contributed by atoms with Gasteiger partial charge in [-0.25, -0.2) is 0 Å². The van der Waals surface area contributed by atoms with Crippen LogP contribution in [0.1, 0.15) is 18.2 Å². The Morgan fingerprint density at radius 2 is 2.19 bits per heavy atom. The van der Waals surface area contributed by atoms with Crippen molar-refractivity contribution >= 4 is 22.4 Å². The smallest absolute Gasteiger partial charge is 0.226 e. The van der Waals surface area contributed by atoms with Gasteiger partial charge in [0.15, 0.2) is 0 Å². The van der Waals surface area contributed by atoms with E-state index in [1.807, 2.05) is 24.3 Å². The molecule has 2 aromatic heterocycles. The van der Waals surface area contributed by atoms with Gasteiger partial charge in [0.1, 0.15) is 5.76 Å². The van der Waals surface area contributed by atoms with Crippen LogP contribution in [-0.2, 0) is 4.79 Å². The first-order valence-corrected chi connectivity index (χ1v) is 6.65. The van der Waals surface area contributed by atoms with Gasteiger partial charge in [-0.05, 0) is 35.7 Å². The molecule has 106 valence electrons. The molecular formula is C16H15N3O2. The van der Waals surface area contributed by atoms with E-state index in [1.165, 1.54) is 0 Å². The number of carbonyl (C=O) groups is 1. The van der Waals surface area contributed by atoms with E-state index in [9.17, 15) is 4.79 Å². The third kappa shape index (κ3) is 3.09. The number of fused-ring (bicyclic) bond motifs is 1. The maximum absolute atomic E-state index is 12.0. The number of furan rings is 1. The molecule has 0 saturated heterocycles. The van der Waals surface area contributed by atoms with Crippen molar-refractivity contribution in [3.05, 3.63) is 60.8 Å². The number of benzene rings is 1. The fourth-order valence-electron chi connectivity index (χ4n) is 2.18. The predicted octanol–water partition coefficient (Wildman–Crippen LogP) is 2.86. The summed E-state index contributed by atoms with van der Waals surface area (Å²) in [6.45, 7) is 0. The predicted molar refractivity (Wildman–Crippen MR) is 80.6 cm³/mol. The van der Waals surface area contributed by atoms with Crippen LogP contribution in [-0.4, -0.2) is 10.9 Å². The minimum absolute atomic E-state index is 0.146. The Hall–Kier alpha value is -2.66. The minimum atomic E-state index is -0.440. The van der Waals surface area contributed by atoms with Gasteiger partial charge in [-0.15, -0.1) is 0 Å². The standard InChI is InChI=1S/C16H15N3O2/c17-14(15-2-1-7-21-15)9-16(20)19-13-4-3-12-10-18-6-5-11(12)8-13/h1-8,10,14H,9,17H2,(H,19,20)/t14-/m0/s1. The van der Waals surface area contributed by atoms with Crippen LogP contribution in [0.25, 0.3) is 10.8 Å².